The zero-order valence-corrected chi connectivity index (χ0v) is 15.1. The van der Waals surface area contributed by atoms with Gasteiger partial charge < -0.3 is 15.0 Å². The molecule has 3 rings (SSSR count). The first-order chi connectivity index (χ1) is 11.4. The highest BCUT2D eigenvalue weighted by Gasteiger charge is 2.35. The molecule has 132 valence electrons. The Labute approximate surface area is 147 Å². The summed E-state index contributed by atoms with van der Waals surface area (Å²) in [6.07, 6.45) is 1.23. The van der Waals surface area contributed by atoms with Gasteiger partial charge in [0.1, 0.15) is 5.75 Å². The second kappa shape index (κ2) is 6.80. The van der Waals surface area contributed by atoms with Crippen LogP contribution in [0.2, 0.25) is 5.02 Å². The van der Waals surface area contributed by atoms with E-state index in [1.807, 2.05) is 12.1 Å². The number of hydrogen-bond donors (Lipinski definition) is 1. The minimum Gasteiger partial charge on any atom is -0.495 e. The lowest BCUT2D eigenvalue weighted by Gasteiger charge is -2.22. The average molecular weight is 373 g/mol. The Bertz CT molecular complexity index is 738. The molecule has 0 saturated carbocycles. The van der Waals surface area contributed by atoms with E-state index in [-0.39, 0.29) is 23.5 Å². The average Bonchev–Trinajstić information content (AvgIpc) is 3.13. The zero-order chi connectivity index (χ0) is 17.3. The van der Waals surface area contributed by atoms with E-state index in [1.54, 1.807) is 13.2 Å². The number of ether oxygens (including phenoxy) is 1. The van der Waals surface area contributed by atoms with Gasteiger partial charge >= 0.3 is 0 Å². The van der Waals surface area contributed by atoms with E-state index < -0.39 is 15.8 Å². The molecule has 0 bridgehead atoms. The maximum atomic E-state index is 12.3. The van der Waals surface area contributed by atoms with Crippen LogP contribution in [-0.4, -0.2) is 52.1 Å². The molecular weight excluding hydrogens is 352 g/mol. The molecule has 1 aromatic rings. The topological polar surface area (TPSA) is 75.7 Å². The third-order valence-corrected chi connectivity index (χ3v) is 6.62. The van der Waals surface area contributed by atoms with Crippen molar-refractivity contribution < 1.29 is 17.9 Å². The molecule has 0 aromatic heterocycles. The molecule has 24 heavy (non-hydrogen) atoms. The lowest BCUT2D eigenvalue weighted by atomic mass is 10.1. The van der Waals surface area contributed by atoms with Gasteiger partial charge in [-0.05, 0) is 31.0 Å². The number of sulfone groups is 1. The number of nitrogens with one attached hydrogen (secondary N) is 1. The molecule has 2 heterocycles. The van der Waals surface area contributed by atoms with Crippen LogP contribution in [0.3, 0.4) is 0 Å². The molecule has 1 N–H and O–H groups in total. The van der Waals surface area contributed by atoms with Gasteiger partial charge in [-0.15, -0.1) is 0 Å². The number of nitrogens with zero attached hydrogens (tertiary/aromatic N) is 1. The van der Waals surface area contributed by atoms with Crippen LogP contribution in [0.15, 0.2) is 18.2 Å². The van der Waals surface area contributed by atoms with E-state index in [0.717, 1.165) is 24.4 Å². The standard InChI is InChI=1S/C16H21ClN2O4S/c1-23-15-3-2-12(17)8-14(15)19-6-4-13(9-19)18-16(20)11-5-7-24(21,22)10-11/h2-3,8,11,13H,4-7,9-10H2,1H3,(H,18,20). The van der Waals surface area contributed by atoms with Crippen LogP contribution < -0.4 is 15.0 Å². The van der Waals surface area contributed by atoms with Crippen molar-refractivity contribution in [3.63, 3.8) is 0 Å². The summed E-state index contributed by atoms with van der Waals surface area (Å²) in [7, 11) is -1.43. The summed E-state index contributed by atoms with van der Waals surface area (Å²) in [4.78, 5) is 14.4. The van der Waals surface area contributed by atoms with Crippen LogP contribution in [0.4, 0.5) is 5.69 Å². The molecule has 2 atom stereocenters. The van der Waals surface area contributed by atoms with E-state index in [1.165, 1.54) is 0 Å². The molecule has 8 heteroatoms. The fourth-order valence-corrected chi connectivity index (χ4v) is 5.24. The third-order valence-electron chi connectivity index (χ3n) is 4.62. The van der Waals surface area contributed by atoms with Crippen molar-refractivity contribution in [2.45, 2.75) is 18.9 Å². The molecule has 2 saturated heterocycles. The van der Waals surface area contributed by atoms with Crippen molar-refractivity contribution in [2.75, 3.05) is 36.6 Å². The predicted molar refractivity (Wildman–Crippen MR) is 93.5 cm³/mol. The molecule has 2 fully saturated rings. The number of carbonyl (C=O) groups is 1. The summed E-state index contributed by atoms with van der Waals surface area (Å²) < 4.78 is 28.4. The van der Waals surface area contributed by atoms with Crippen molar-refractivity contribution in [2.24, 2.45) is 5.92 Å². The second-order valence-corrected chi connectivity index (χ2v) is 9.02. The summed E-state index contributed by atoms with van der Waals surface area (Å²) in [5.41, 5.74) is 0.908. The Kier molecular flexibility index (Phi) is 4.92. The summed E-state index contributed by atoms with van der Waals surface area (Å²) in [6, 6.07) is 5.46. The Morgan fingerprint density at radius 3 is 2.83 bits per heavy atom. The Hall–Kier alpha value is -1.47. The van der Waals surface area contributed by atoms with E-state index in [9.17, 15) is 13.2 Å². The SMILES string of the molecule is COc1ccc(Cl)cc1N1CCC(NC(=O)C2CCS(=O)(=O)C2)C1. The van der Waals surface area contributed by atoms with E-state index in [4.69, 9.17) is 16.3 Å². The highest BCUT2D eigenvalue weighted by atomic mass is 35.5. The van der Waals surface area contributed by atoms with Gasteiger partial charge in [0.2, 0.25) is 5.91 Å². The number of benzene rings is 1. The third kappa shape index (κ3) is 3.78. The van der Waals surface area contributed by atoms with Crippen molar-refractivity contribution in [1.29, 1.82) is 0 Å². The minimum atomic E-state index is -3.04. The molecule has 2 unspecified atom stereocenters. The first-order valence-corrected chi connectivity index (χ1v) is 10.2. The van der Waals surface area contributed by atoms with E-state index in [2.05, 4.69) is 10.2 Å². The molecule has 2 aliphatic heterocycles. The van der Waals surface area contributed by atoms with Gasteiger partial charge in [-0.2, -0.15) is 0 Å². The minimum absolute atomic E-state index is 0.00416. The van der Waals surface area contributed by atoms with Crippen LogP contribution in [0, 0.1) is 5.92 Å². The fourth-order valence-electron chi connectivity index (χ4n) is 3.33. The fraction of sp³-hybridized carbons (Fsp3) is 0.562. The predicted octanol–water partition coefficient (Wildman–Crippen LogP) is 1.48. The van der Waals surface area contributed by atoms with Crippen LogP contribution >= 0.6 is 11.6 Å². The molecule has 0 aliphatic carbocycles. The highest BCUT2D eigenvalue weighted by molar-refractivity contribution is 7.91. The molecule has 2 aliphatic rings. The summed E-state index contributed by atoms with van der Waals surface area (Å²) in [6.45, 7) is 1.44. The summed E-state index contributed by atoms with van der Waals surface area (Å²) >= 11 is 6.08. The second-order valence-electron chi connectivity index (χ2n) is 6.36. The van der Waals surface area contributed by atoms with Gasteiger partial charge in [0.15, 0.2) is 9.84 Å². The van der Waals surface area contributed by atoms with Crippen LogP contribution in [0.1, 0.15) is 12.8 Å². The number of halogens is 1. The van der Waals surface area contributed by atoms with Gasteiger partial charge in [-0.25, -0.2) is 8.42 Å². The first kappa shape index (κ1) is 17.4. The van der Waals surface area contributed by atoms with Crippen molar-refractivity contribution in [1.82, 2.24) is 5.32 Å². The largest absolute Gasteiger partial charge is 0.495 e. The monoisotopic (exact) mass is 372 g/mol. The van der Waals surface area contributed by atoms with Gasteiger partial charge in [-0.3, -0.25) is 4.79 Å². The van der Waals surface area contributed by atoms with Gasteiger partial charge in [0, 0.05) is 24.2 Å². The molecule has 1 amide bonds. The van der Waals surface area contributed by atoms with Gasteiger partial charge in [0.05, 0.1) is 30.2 Å². The number of carbonyl (C=O) groups excluding carboxylic acids is 1. The maximum absolute atomic E-state index is 12.3. The Morgan fingerprint density at radius 1 is 1.38 bits per heavy atom. The summed E-state index contributed by atoms with van der Waals surface area (Å²) in [5, 5.41) is 3.63. The lowest BCUT2D eigenvalue weighted by Crippen LogP contribution is -2.41. The first-order valence-electron chi connectivity index (χ1n) is 7.97. The van der Waals surface area contributed by atoms with Crippen LogP contribution in [-0.2, 0) is 14.6 Å². The van der Waals surface area contributed by atoms with Crippen LogP contribution in [0.25, 0.3) is 0 Å². The number of hydrogen-bond acceptors (Lipinski definition) is 5. The molecule has 1 aromatic carbocycles. The number of rotatable bonds is 4. The van der Waals surface area contributed by atoms with Crippen LogP contribution in [0.5, 0.6) is 5.75 Å². The van der Waals surface area contributed by atoms with Gasteiger partial charge in [-0.1, -0.05) is 11.6 Å². The normalized spacial score (nSPS) is 25.7. The number of methoxy groups -OCH3 is 1. The lowest BCUT2D eigenvalue weighted by molar-refractivity contribution is -0.124. The number of anilines is 1. The maximum Gasteiger partial charge on any atom is 0.224 e. The van der Waals surface area contributed by atoms with Crippen molar-refractivity contribution >= 4 is 33.0 Å². The molecule has 0 spiro atoms. The smallest absolute Gasteiger partial charge is 0.224 e. The highest BCUT2D eigenvalue weighted by Crippen LogP contribution is 2.33. The molecular formula is C16H21ClN2O4S. The quantitative estimate of drug-likeness (QED) is 0.866. The zero-order valence-electron chi connectivity index (χ0n) is 13.5. The van der Waals surface area contributed by atoms with Crippen molar-refractivity contribution in [3.8, 4) is 5.75 Å². The Morgan fingerprint density at radius 2 is 2.17 bits per heavy atom. The molecule has 6 nitrogen and oxygen atoms in total. The molecule has 0 radical (unpaired) electrons. The Balaban J connectivity index is 1.62. The summed E-state index contributed by atoms with van der Waals surface area (Å²) in [5.74, 6) is 0.262. The van der Waals surface area contributed by atoms with Crippen molar-refractivity contribution in [3.05, 3.63) is 23.2 Å². The van der Waals surface area contributed by atoms with E-state index >= 15 is 0 Å². The number of amides is 1. The van der Waals surface area contributed by atoms with Gasteiger partial charge in [0.25, 0.3) is 0 Å². The van der Waals surface area contributed by atoms with E-state index in [0.29, 0.717) is 18.0 Å².